The number of halogens is 3. The Hall–Kier alpha value is -3.59. The van der Waals surface area contributed by atoms with Crippen molar-refractivity contribution in [2.45, 2.75) is 36.6 Å². The van der Waals surface area contributed by atoms with Crippen LogP contribution in [0.3, 0.4) is 0 Å². The molecule has 7 rings (SSSR count). The van der Waals surface area contributed by atoms with Crippen molar-refractivity contribution in [1.29, 1.82) is 0 Å². The molecule has 0 saturated heterocycles. The highest BCUT2D eigenvalue weighted by atomic mass is 32.2. The Balaban J connectivity index is 1.56. The zero-order chi connectivity index (χ0) is 28.6. The molecule has 11 heteroatoms. The summed E-state index contributed by atoms with van der Waals surface area (Å²) < 4.78 is 93.2. The number of hydrogen-bond donors (Lipinski definition) is 1. The molecule has 1 heterocycles. The van der Waals surface area contributed by atoms with E-state index in [1.54, 1.807) is 60.7 Å². The lowest BCUT2D eigenvalue weighted by molar-refractivity contribution is -0.0443. The van der Waals surface area contributed by atoms with Crippen LogP contribution in [0.2, 0.25) is 0 Å². The molecule has 4 aromatic rings. The fourth-order valence-electron chi connectivity index (χ4n) is 6.53. The molecule has 0 fully saturated rings. The zero-order valence-electron chi connectivity index (χ0n) is 21.4. The summed E-state index contributed by atoms with van der Waals surface area (Å²) in [7, 11) is -11.4. The summed E-state index contributed by atoms with van der Waals surface area (Å²) in [5, 5.41) is 0. The van der Waals surface area contributed by atoms with Gasteiger partial charge >= 0.3 is 23.3 Å². The van der Waals surface area contributed by atoms with E-state index in [1.807, 2.05) is 24.3 Å². The third-order valence-electron chi connectivity index (χ3n) is 8.22. The van der Waals surface area contributed by atoms with E-state index in [4.69, 9.17) is 9.05 Å². The first-order valence-electron chi connectivity index (χ1n) is 13.0. The molecule has 0 saturated carbocycles. The van der Waals surface area contributed by atoms with E-state index < -0.39 is 28.7 Å². The number of rotatable bonds is 4. The van der Waals surface area contributed by atoms with E-state index in [9.17, 15) is 26.2 Å². The van der Waals surface area contributed by atoms with Gasteiger partial charge in [-0.1, -0.05) is 89.4 Å². The molecule has 0 unspecified atom stereocenters. The molecule has 1 spiro atoms. The molecule has 41 heavy (non-hydrogen) atoms. The van der Waals surface area contributed by atoms with Crippen LogP contribution < -0.4 is 13.5 Å². The molecule has 6 nitrogen and oxygen atoms in total. The molecule has 0 aromatic heterocycles. The summed E-state index contributed by atoms with van der Waals surface area (Å²) in [6.45, 7) is 0. The smallest absolute Gasteiger partial charge is 0.403 e. The normalized spacial score (nSPS) is 17.9. The summed E-state index contributed by atoms with van der Waals surface area (Å²) in [6.07, 6.45) is 2.70. The first-order chi connectivity index (χ1) is 19.5. The summed E-state index contributed by atoms with van der Waals surface area (Å²) in [5.41, 5.74) is -0.772. The van der Waals surface area contributed by atoms with E-state index in [2.05, 4.69) is 0 Å². The minimum absolute atomic E-state index is 0.0722. The molecule has 0 atom stereocenters. The van der Waals surface area contributed by atoms with Gasteiger partial charge in [0.1, 0.15) is 11.5 Å². The number of benzene rings is 4. The molecule has 1 aliphatic heterocycles. The predicted molar refractivity (Wildman–Crippen MR) is 148 cm³/mol. The largest absolute Gasteiger partial charge is 0.526 e. The molecule has 0 amide bonds. The molecule has 1 N–H and O–H groups in total. The molecular weight excluding hydrogens is 574 g/mol. The molecule has 0 radical (unpaired) electrons. The van der Waals surface area contributed by atoms with Crippen LogP contribution in [0.15, 0.2) is 84.9 Å². The summed E-state index contributed by atoms with van der Waals surface area (Å²) in [5.74, 6) is 0.144. The maximum atomic E-state index is 14.4. The average molecular weight is 598 g/mol. The molecule has 0 bridgehead atoms. The van der Waals surface area contributed by atoms with E-state index in [0.717, 1.165) is 22.3 Å². The number of hydrogen-bond acceptors (Lipinski definition) is 5. The van der Waals surface area contributed by atoms with Crippen LogP contribution in [0.1, 0.15) is 35.1 Å². The predicted octanol–water partition coefficient (Wildman–Crippen LogP) is 7.52. The van der Waals surface area contributed by atoms with Gasteiger partial charge in [-0.15, -0.1) is 0 Å². The van der Waals surface area contributed by atoms with Crippen LogP contribution in [0, 0.1) is 0 Å². The van der Waals surface area contributed by atoms with Crippen LogP contribution in [-0.4, -0.2) is 13.9 Å². The van der Waals surface area contributed by atoms with Gasteiger partial charge in [-0.2, -0.15) is 13.2 Å². The highest BCUT2D eigenvalue weighted by Crippen LogP contribution is 2.65. The van der Waals surface area contributed by atoms with Crippen molar-refractivity contribution in [3.63, 3.8) is 0 Å². The highest BCUT2D eigenvalue weighted by molar-refractivity contribution is 7.95. The van der Waals surface area contributed by atoms with Crippen molar-refractivity contribution < 1.29 is 35.2 Å². The Morgan fingerprint density at radius 2 is 1.15 bits per heavy atom. The first-order valence-corrected chi connectivity index (χ1v) is 16.1. The van der Waals surface area contributed by atoms with Crippen LogP contribution in [0.4, 0.5) is 13.2 Å². The van der Waals surface area contributed by atoms with Crippen molar-refractivity contribution in [3.05, 3.63) is 107 Å². The zero-order valence-corrected chi connectivity index (χ0v) is 23.2. The van der Waals surface area contributed by atoms with Crippen molar-refractivity contribution in [1.82, 2.24) is 4.49 Å². The Bertz CT molecular complexity index is 1750. The molecule has 210 valence electrons. The fraction of sp³-hybridized carbons (Fsp3) is 0.200. The van der Waals surface area contributed by atoms with Gasteiger partial charge in [0.15, 0.2) is 0 Å². The van der Waals surface area contributed by atoms with Crippen molar-refractivity contribution in [2.24, 2.45) is 0 Å². The molecular formula is C30H23F3NO5PS. The lowest BCUT2D eigenvalue weighted by atomic mass is 9.74. The monoisotopic (exact) mass is 597 g/mol. The van der Waals surface area contributed by atoms with Crippen LogP contribution in [0.25, 0.3) is 22.3 Å². The van der Waals surface area contributed by atoms with Gasteiger partial charge in [0.25, 0.3) is 0 Å². The topological polar surface area (TPSA) is 81.7 Å². The quantitative estimate of drug-likeness (QED) is 0.246. The number of sulfonamides is 1. The lowest BCUT2D eigenvalue weighted by Gasteiger charge is -2.36. The van der Waals surface area contributed by atoms with Crippen LogP contribution >= 0.6 is 7.75 Å². The molecule has 4 aromatic carbocycles. The Labute approximate surface area is 234 Å². The number of aryl methyl sites for hydroxylation is 2. The molecule has 2 aliphatic carbocycles. The summed E-state index contributed by atoms with van der Waals surface area (Å²) >= 11 is 0. The summed E-state index contributed by atoms with van der Waals surface area (Å²) in [6, 6.07) is 25.5. The minimum Gasteiger partial charge on any atom is -0.403 e. The fourth-order valence-corrected chi connectivity index (χ4v) is 9.32. The van der Waals surface area contributed by atoms with E-state index in [-0.39, 0.29) is 11.5 Å². The van der Waals surface area contributed by atoms with Gasteiger partial charge in [-0.05, 0) is 47.9 Å². The van der Waals surface area contributed by atoms with Crippen LogP contribution in [-0.2, 0) is 32.8 Å². The standard InChI is InChI=1S/C30H23F3NO5PS/c31-30(32,33)41(36,37)34-40(35)38-27-23(19-7-3-1-4-8-19)13-11-21-15-17-29(25(21)27)18-16-22-12-14-24(28(39-40)26(22)29)20-9-5-2-6-10-20/h1-14H,15-18H2,(H,34,35). The van der Waals surface area contributed by atoms with Gasteiger partial charge in [-0.25, -0.2) is 13.0 Å². The second-order valence-electron chi connectivity index (χ2n) is 10.5. The number of nitrogens with one attached hydrogen (secondary N) is 1. The third-order valence-corrected chi connectivity index (χ3v) is 11.5. The van der Waals surface area contributed by atoms with Gasteiger partial charge in [0.05, 0.1) is 0 Å². The number of alkyl halides is 3. The maximum absolute atomic E-state index is 14.4. The molecule has 3 aliphatic rings. The maximum Gasteiger partial charge on any atom is 0.526 e. The highest BCUT2D eigenvalue weighted by Gasteiger charge is 2.56. The first kappa shape index (κ1) is 26.3. The van der Waals surface area contributed by atoms with Crippen molar-refractivity contribution >= 4 is 17.8 Å². The van der Waals surface area contributed by atoms with E-state index in [1.165, 1.54) is 4.49 Å². The Morgan fingerprint density at radius 3 is 1.56 bits per heavy atom. The van der Waals surface area contributed by atoms with E-state index >= 15 is 0 Å². The van der Waals surface area contributed by atoms with Crippen LogP contribution in [0.5, 0.6) is 11.5 Å². The SMILES string of the molecule is O=P1(NS(=O)(=O)C(F)(F)F)Oc2c(-c3ccccc3)ccc3c2C2(CC3)CCc3ccc(-c4ccccc4)c(c32)O1. The van der Waals surface area contributed by atoms with Gasteiger partial charge in [0, 0.05) is 27.7 Å². The van der Waals surface area contributed by atoms with Gasteiger partial charge in [-0.3, -0.25) is 0 Å². The second-order valence-corrected chi connectivity index (χ2v) is 14.0. The lowest BCUT2D eigenvalue weighted by Crippen LogP contribution is -2.37. The third kappa shape index (κ3) is 4.03. The van der Waals surface area contributed by atoms with Crippen molar-refractivity contribution in [3.8, 4) is 33.8 Å². The van der Waals surface area contributed by atoms with Gasteiger partial charge in [0.2, 0.25) is 0 Å². The van der Waals surface area contributed by atoms with Crippen molar-refractivity contribution in [2.75, 3.05) is 0 Å². The Morgan fingerprint density at radius 1 is 0.707 bits per heavy atom. The Kier molecular flexibility index (Phi) is 5.75. The van der Waals surface area contributed by atoms with E-state index in [0.29, 0.717) is 47.9 Å². The average Bonchev–Trinajstić information content (AvgIpc) is 3.50. The summed E-state index contributed by atoms with van der Waals surface area (Å²) in [4.78, 5) is 0. The van der Waals surface area contributed by atoms with Gasteiger partial charge < -0.3 is 9.05 Å². The second kappa shape index (κ2) is 8.95. The minimum atomic E-state index is -6.12.